The van der Waals surface area contributed by atoms with E-state index in [0.717, 1.165) is 18.2 Å². The summed E-state index contributed by atoms with van der Waals surface area (Å²) in [6.07, 6.45) is 6.69. The Morgan fingerprint density at radius 3 is 2.79 bits per heavy atom. The van der Waals surface area contributed by atoms with E-state index in [-0.39, 0.29) is 6.04 Å². The highest BCUT2D eigenvalue weighted by molar-refractivity contribution is 5.00. The van der Waals surface area contributed by atoms with Gasteiger partial charge in [0.05, 0.1) is 0 Å². The van der Waals surface area contributed by atoms with Gasteiger partial charge in [0.1, 0.15) is 0 Å². The first-order valence-corrected chi connectivity index (χ1v) is 7.66. The zero-order valence-electron chi connectivity index (χ0n) is 12.4. The summed E-state index contributed by atoms with van der Waals surface area (Å²) >= 11 is 0. The van der Waals surface area contributed by atoms with Gasteiger partial charge in [0, 0.05) is 18.4 Å². The smallest absolute Gasteiger partial charge is 0.228 e. The van der Waals surface area contributed by atoms with Gasteiger partial charge in [-0.3, -0.25) is 0 Å². The van der Waals surface area contributed by atoms with Crippen molar-refractivity contribution in [2.75, 3.05) is 0 Å². The number of nitrogens with zero attached hydrogens (tertiary/aromatic N) is 2. The number of nitrogens with two attached hydrogens (primary N) is 1. The molecule has 2 N–H and O–H groups in total. The van der Waals surface area contributed by atoms with Crippen LogP contribution < -0.4 is 5.73 Å². The summed E-state index contributed by atoms with van der Waals surface area (Å²) in [5, 5.41) is 4.16. The molecule has 1 fully saturated rings. The van der Waals surface area contributed by atoms with Crippen molar-refractivity contribution in [1.82, 2.24) is 10.1 Å². The van der Waals surface area contributed by atoms with E-state index in [0.29, 0.717) is 24.1 Å². The second kappa shape index (κ2) is 6.51. The van der Waals surface area contributed by atoms with Gasteiger partial charge in [-0.1, -0.05) is 32.3 Å². The van der Waals surface area contributed by atoms with E-state index in [2.05, 4.69) is 30.9 Å². The summed E-state index contributed by atoms with van der Waals surface area (Å²) < 4.78 is 5.36. The van der Waals surface area contributed by atoms with Gasteiger partial charge in [0.25, 0.3) is 0 Å². The molecular weight excluding hydrogens is 238 g/mol. The molecule has 108 valence electrons. The largest absolute Gasteiger partial charge is 0.339 e. The second-order valence-corrected chi connectivity index (χ2v) is 6.42. The van der Waals surface area contributed by atoms with E-state index in [4.69, 9.17) is 10.3 Å². The molecule has 1 aromatic heterocycles. The van der Waals surface area contributed by atoms with Gasteiger partial charge in [0.2, 0.25) is 5.89 Å². The van der Waals surface area contributed by atoms with Crippen molar-refractivity contribution >= 4 is 0 Å². The first kappa shape index (κ1) is 14.5. The Bertz CT molecular complexity index is 388. The summed E-state index contributed by atoms with van der Waals surface area (Å²) in [4.78, 5) is 4.55. The van der Waals surface area contributed by atoms with E-state index in [1.165, 1.54) is 25.7 Å². The average molecular weight is 265 g/mol. The Morgan fingerprint density at radius 1 is 1.37 bits per heavy atom. The molecule has 1 aliphatic rings. The van der Waals surface area contributed by atoms with Crippen LogP contribution in [0, 0.1) is 11.8 Å². The lowest BCUT2D eigenvalue weighted by Gasteiger charge is -2.10. The summed E-state index contributed by atoms with van der Waals surface area (Å²) in [5.74, 6) is 3.57. The minimum absolute atomic E-state index is 0.125. The summed E-state index contributed by atoms with van der Waals surface area (Å²) in [7, 11) is 0. The van der Waals surface area contributed by atoms with Crippen molar-refractivity contribution in [3.63, 3.8) is 0 Å². The summed E-state index contributed by atoms with van der Waals surface area (Å²) in [6, 6.07) is 0.125. The van der Waals surface area contributed by atoms with Crippen molar-refractivity contribution in [1.29, 1.82) is 0 Å². The van der Waals surface area contributed by atoms with Crippen molar-refractivity contribution in [3.05, 3.63) is 11.7 Å². The third kappa shape index (κ3) is 4.03. The molecule has 1 heterocycles. The Balaban J connectivity index is 1.88. The van der Waals surface area contributed by atoms with Gasteiger partial charge in [-0.15, -0.1) is 0 Å². The fraction of sp³-hybridized carbons (Fsp3) is 0.867. The summed E-state index contributed by atoms with van der Waals surface area (Å²) in [6.45, 7) is 6.63. The molecule has 0 amide bonds. The van der Waals surface area contributed by atoms with Crippen molar-refractivity contribution in [2.45, 2.75) is 71.3 Å². The lowest BCUT2D eigenvalue weighted by atomic mass is 10.0. The van der Waals surface area contributed by atoms with Gasteiger partial charge >= 0.3 is 0 Å². The number of hydrogen-bond donors (Lipinski definition) is 1. The third-order valence-electron chi connectivity index (χ3n) is 4.18. The molecule has 0 radical (unpaired) electrons. The van der Waals surface area contributed by atoms with Crippen LogP contribution in [-0.4, -0.2) is 16.2 Å². The van der Waals surface area contributed by atoms with Crippen LogP contribution in [0.2, 0.25) is 0 Å². The highest BCUT2D eigenvalue weighted by Gasteiger charge is 2.28. The first-order valence-electron chi connectivity index (χ1n) is 7.66. The molecule has 4 nitrogen and oxygen atoms in total. The molecule has 3 unspecified atom stereocenters. The molecule has 4 heteroatoms. The SMILES string of the molecule is CCC1CCC(c2noc(CC(N)CC(C)C)n2)C1. The lowest BCUT2D eigenvalue weighted by Crippen LogP contribution is -2.24. The Kier molecular flexibility index (Phi) is 4.97. The zero-order valence-corrected chi connectivity index (χ0v) is 12.4. The number of rotatable bonds is 6. The molecule has 1 aromatic rings. The highest BCUT2D eigenvalue weighted by atomic mass is 16.5. The number of hydrogen-bond acceptors (Lipinski definition) is 4. The monoisotopic (exact) mass is 265 g/mol. The Hall–Kier alpha value is -0.900. The molecule has 1 saturated carbocycles. The van der Waals surface area contributed by atoms with Crippen LogP contribution in [0.25, 0.3) is 0 Å². The van der Waals surface area contributed by atoms with Crippen molar-refractivity contribution in [3.8, 4) is 0 Å². The van der Waals surface area contributed by atoms with E-state index in [1.54, 1.807) is 0 Å². The van der Waals surface area contributed by atoms with Crippen LogP contribution in [0.4, 0.5) is 0 Å². The predicted molar refractivity (Wildman–Crippen MR) is 75.8 cm³/mol. The minimum Gasteiger partial charge on any atom is -0.339 e. The van der Waals surface area contributed by atoms with Crippen LogP contribution >= 0.6 is 0 Å². The normalized spacial score (nSPS) is 25.1. The third-order valence-corrected chi connectivity index (χ3v) is 4.18. The maximum absolute atomic E-state index is 6.09. The van der Waals surface area contributed by atoms with E-state index in [9.17, 15) is 0 Å². The van der Waals surface area contributed by atoms with Gasteiger partial charge < -0.3 is 10.3 Å². The van der Waals surface area contributed by atoms with Crippen LogP contribution in [0.15, 0.2) is 4.52 Å². The zero-order chi connectivity index (χ0) is 13.8. The molecule has 0 aliphatic heterocycles. The standard InChI is InChI=1S/C15H27N3O/c1-4-11-5-6-12(8-11)15-17-14(19-18-15)9-13(16)7-10(2)3/h10-13H,4-9,16H2,1-3H3. The molecule has 2 rings (SSSR count). The molecule has 0 aromatic carbocycles. The predicted octanol–water partition coefficient (Wildman–Crippen LogP) is 3.28. The topological polar surface area (TPSA) is 64.9 Å². The average Bonchev–Trinajstić information content (AvgIpc) is 2.95. The van der Waals surface area contributed by atoms with E-state index in [1.807, 2.05) is 0 Å². The quantitative estimate of drug-likeness (QED) is 0.857. The maximum Gasteiger partial charge on any atom is 0.228 e. The Labute approximate surface area is 116 Å². The van der Waals surface area contributed by atoms with E-state index >= 15 is 0 Å². The van der Waals surface area contributed by atoms with Gasteiger partial charge in [-0.05, 0) is 37.5 Å². The van der Waals surface area contributed by atoms with Crippen molar-refractivity contribution in [2.24, 2.45) is 17.6 Å². The fourth-order valence-electron chi connectivity index (χ4n) is 3.11. The lowest BCUT2D eigenvalue weighted by molar-refractivity contribution is 0.352. The maximum atomic E-state index is 6.09. The first-order chi connectivity index (χ1) is 9.08. The highest BCUT2D eigenvalue weighted by Crippen LogP contribution is 2.38. The minimum atomic E-state index is 0.125. The summed E-state index contributed by atoms with van der Waals surface area (Å²) in [5.41, 5.74) is 6.09. The second-order valence-electron chi connectivity index (χ2n) is 6.42. The Morgan fingerprint density at radius 2 is 2.16 bits per heavy atom. The molecular formula is C15H27N3O. The van der Waals surface area contributed by atoms with Crippen LogP contribution in [0.1, 0.15) is 70.5 Å². The molecule has 0 bridgehead atoms. The van der Waals surface area contributed by atoms with Gasteiger partial charge in [0.15, 0.2) is 5.82 Å². The van der Waals surface area contributed by atoms with Crippen molar-refractivity contribution < 1.29 is 4.52 Å². The molecule has 0 saturated heterocycles. The van der Waals surface area contributed by atoms with Gasteiger partial charge in [-0.2, -0.15) is 4.98 Å². The molecule has 1 aliphatic carbocycles. The number of aromatic nitrogens is 2. The van der Waals surface area contributed by atoms with Crippen LogP contribution in [-0.2, 0) is 6.42 Å². The van der Waals surface area contributed by atoms with Crippen LogP contribution in [0.5, 0.6) is 0 Å². The van der Waals surface area contributed by atoms with Gasteiger partial charge in [-0.25, -0.2) is 0 Å². The van der Waals surface area contributed by atoms with E-state index < -0.39 is 0 Å². The fourth-order valence-corrected chi connectivity index (χ4v) is 3.11. The van der Waals surface area contributed by atoms with Crippen LogP contribution in [0.3, 0.4) is 0 Å². The molecule has 0 spiro atoms. The molecule has 19 heavy (non-hydrogen) atoms. The molecule has 3 atom stereocenters.